The molecule has 5 nitrogen and oxygen atoms in total. The van der Waals surface area contributed by atoms with E-state index in [1.54, 1.807) is 0 Å². The van der Waals surface area contributed by atoms with Crippen molar-refractivity contribution < 1.29 is 24.9 Å². The molecular formula is C15H26O5. The van der Waals surface area contributed by atoms with Crippen LogP contribution in [-0.2, 0) is 9.53 Å². The summed E-state index contributed by atoms with van der Waals surface area (Å²) in [5, 5.41) is 26.2. The molecule has 5 heteroatoms. The number of ether oxygens (including phenoxy) is 1. The van der Waals surface area contributed by atoms with Gasteiger partial charge in [-0.05, 0) is 56.8 Å². The number of aliphatic carboxylic acids is 1. The van der Waals surface area contributed by atoms with Gasteiger partial charge < -0.3 is 20.1 Å². The molecule has 0 amide bonds. The number of carboxylic acid groups (broad SMARTS) is 1. The molecule has 1 aliphatic heterocycles. The highest BCUT2D eigenvalue weighted by Crippen LogP contribution is 2.39. The molecule has 0 aromatic rings. The van der Waals surface area contributed by atoms with Crippen LogP contribution < -0.4 is 0 Å². The molecule has 3 unspecified atom stereocenters. The van der Waals surface area contributed by atoms with Crippen molar-refractivity contribution in [3.8, 4) is 0 Å². The molecule has 0 bridgehead atoms. The van der Waals surface area contributed by atoms with Gasteiger partial charge in [0.25, 0.3) is 0 Å². The highest BCUT2D eigenvalue weighted by atomic mass is 16.6. The molecule has 0 aromatic carbocycles. The Morgan fingerprint density at radius 1 is 0.900 bits per heavy atom. The van der Waals surface area contributed by atoms with Gasteiger partial charge in [-0.15, -0.1) is 0 Å². The minimum atomic E-state index is -0.658. The SMILES string of the molecule is O=C(O)C1CCC2OC2C1.OCC1CCC(CO)CC1. The van der Waals surface area contributed by atoms with Gasteiger partial charge in [0, 0.05) is 13.2 Å². The molecule has 3 aliphatic rings. The Bertz CT molecular complexity index is 299. The zero-order valence-corrected chi connectivity index (χ0v) is 11.9. The second-order valence-electron chi connectivity index (χ2n) is 6.31. The summed E-state index contributed by atoms with van der Waals surface area (Å²) in [6, 6.07) is 0. The fourth-order valence-corrected chi connectivity index (χ4v) is 3.23. The van der Waals surface area contributed by atoms with Crippen molar-refractivity contribution in [2.45, 2.75) is 57.2 Å². The highest BCUT2D eigenvalue weighted by molar-refractivity contribution is 5.70. The van der Waals surface area contributed by atoms with Gasteiger partial charge in [0.2, 0.25) is 0 Å². The van der Waals surface area contributed by atoms with Gasteiger partial charge in [0.1, 0.15) is 0 Å². The summed E-state index contributed by atoms with van der Waals surface area (Å²) in [7, 11) is 0. The third kappa shape index (κ3) is 4.43. The van der Waals surface area contributed by atoms with Crippen LogP contribution in [0.5, 0.6) is 0 Å². The normalized spacial score (nSPS) is 39.2. The lowest BCUT2D eigenvalue weighted by Gasteiger charge is -2.25. The molecule has 3 fully saturated rings. The van der Waals surface area contributed by atoms with E-state index in [1.165, 1.54) is 0 Å². The van der Waals surface area contributed by atoms with Crippen molar-refractivity contribution in [1.29, 1.82) is 0 Å². The summed E-state index contributed by atoms with van der Waals surface area (Å²) in [4.78, 5) is 10.5. The summed E-state index contributed by atoms with van der Waals surface area (Å²) in [5.74, 6) is 0.239. The first-order valence-corrected chi connectivity index (χ1v) is 7.74. The summed E-state index contributed by atoms with van der Waals surface area (Å²) >= 11 is 0. The average Bonchev–Trinajstić information content (AvgIpc) is 3.26. The first-order chi connectivity index (χ1) is 9.63. The Labute approximate surface area is 119 Å². The zero-order chi connectivity index (χ0) is 14.5. The second kappa shape index (κ2) is 7.38. The average molecular weight is 286 g/mol. The molecule has 3 rings (SSSR count). The Morgan fingerprint density at radius 2 is 1.45 bits per heavy atom. The monoisotopic (exact) mass is 286 g/mol. The topological polar surface area (TPSA) is 90.3 Å². The Morgan fingerprint density at radius 3 is 1.85 bits per heavy atom. The third-order valence-electron chi connectivity index (χ3n) is 4.84. The highest BCUT2D eigenvalue weighted by Gasteiger charge is 2.45. The molecule has 0 spiro atoms. The third-order valence-corrected chi connectivity index (χ3v) is 4.84. The lowest BCUT2D eigenvalue weighted by Crippen LogP contribution is -2.21. The van der Waals surface area contributed by atoms with Crippen LogP contribution in [0, 0.1) is 17.8 Å². The number of aliphatic hydroxyl groups excluding tert-OH is 2. The number of fused-ring (bicyclic) bond motifs is 1. The number of hydrogen-bond donors (Lipinski definition) is 3. The van der Waals surface area contributed by atoms with Crippen LogP contribution in [-0.4, -0.2) is 46.7 Å². The minimum Gasteiger partial charge on any atom is -0.481 e. The van der Waals surface area contributed by atoms with Crippen LogP contribution in [0.25, 0.3) is 0 Å². The number of hydrogen-bond acceptors (Lipinski definition) is 4. The van der Waals surface area contributed by atoms with E-state index < -0.39 is 5.97 Å². The summed E-state index contributed by atoms with van der Waals surface area (Å²) in [6.07, 6.45) is 7.58. The molecule has 20 heavy (non-hydrogen) atoms. The maximum atomic E-state index is 10.5. The van der Waals surface area contributed by atoms with Crippen LogP contribution in [0.2, 0.25) is 0 Å². The lowest BCUT2D eigenvalue weighted by atomic mass is 9.83. The smallest absolute Gasteiger partial charge is 0.306 e. The van der Waals surface area contributed by atoms with Crippen LogP contribution in [0.1, 0.15) is 44.9 Å². The predicted molar refractivity (Wildman–Crippen MR) is 73.3 cm³/mol. The van der Waals surface area contributed by atoms with E-state index in [4.69, 9.17) is 20.1 Å². The van der Waals surface area contributed by atoms with Crippen molar-refractivity contribution in [3.05, 3.63) is 0 Å². The van der Waals surface area contributed by atoms with Crippen molar-refractivity contribution in [2.24, 2.45) is 17.8 Å². The molecule has 3 atom stereocenters. The second-order valence-corrected chi connectivity index (χ2v) is 6.31. The number of rotatable bonds is 3. The van der Waals surface area contributed by atoms with Gasteiger partial charge in [0.15, 0.2) is 0 Å². The standard InChI is InChI=1S/C8H16O2.C7H10O3/c9-5-7-1-2-8(6-10)4-3-7;8-7(9)4-1-2-5-6(3-4)10-5/h7-10H,1-6H2;4-6H,1-3H2,(H,8,9). The van der Waals surface area contributed by atoms with Gasteiger partial charge in [-0.25, -0.2) is 0 Å². The zero-order valence-electron chi connectivity index (χ0n) is 11.9. The number of epoxide rings is 1. The largest absolute Gasteiger partial charge is 0.481 e. The van der Waals surface area contributed by atoms with Crippen molar-refractivity contribution in [1.82, 2.24) is 0 Å². The first-order valence-electron chi connectivity index (χ1n) is 7.74. The maximum Gasteiger partial charge on any atom is 0.306 e. The Hall–Kier alpha value is -0.650. The molecule has 0 aromatic heterocycles. The van der Waals surface area contributed by atoms with E-state index in [-0.39, 0.29) is 12.0 Å². The Kier molecular flexibility index (Phi) is 5.81. The van der Waals surface area contributed by atoms with E-state index in [0.717, 1.165) is 44.9 Å². The summed E-state index contributed by atoms with van der Waals surface area (Å²) < 4.78 is 5.19. The van der Waals surface area contributed by atoms with Gasteiger partial charge >= 0.3 is 5.97 Å². The van der Waals surface area contributed by atoms with Gasteiger partial charge in [-0.1, -0.05) is 0 Å². The molecule has 1 saturated heterocycles. The van der Waals surface area contributed by atoms with Crippen LogP contribution >= 0.6 is 0 Å². The van der Waals surface area contributed by atoms with Gasteiger partial charge in [0.05, 0.1) is 18.1 Å². The van der Waals surface area contributed by atoms with E-state index in [0.29, 0.717) is 31.2 Å². The molecule has 116 valence electrons. The minimum absolute atomic E-state index is 0.135. The van der Waals surface area contributed by atoms with Crippen molar-refractivity contribution in [3.63, 3.8) is 0 Å². The van der Waals surface area contributed by atoms with Crippen molar-refractivity contribution in [2.75, 3.05) is 13.2 Å². The number of aliphatic hydroxyl groups is 2. The maximum absolute atomic E-state index is 10.5. The van der Waals surface area contributed by atoms with Crippen LogP contribution in [0.15, 0.2) is 0 Å². The fourth-order valence-electron chi connectivity index (χ4n) is 3.23. The predicted octanol–water partition coefficient (Wildman–Crippen LogP) is 1.42. The van der Waals surface area contributed by atoms with Crippen LogP contribution in [0.4, 0.5) is 0 Å². The molecule has 3 N–H and O–H groups in total. The number of carbonyl (C=O) groups is 1. The van der Waals surface area contributed by atoms with E-state index in [1.807, 2.05) is 0 Å². The Balaban J connectivity index is 0.000000147. The first kappa shape index (κ1) is 15.7. The van der Waals surface area contributed by atoms with Crippen molar-refractivity contribution >= 4 is 5.97 Å². The molecule has 2 aliphatic carbocycles. The summed E-state index contributed by atoms with van der Waals surface area (Å²) in [5.41, 5.74) is 0. The van der Waals surface area contributed by atoms with E-state index in [2.05, 4.69) is 0 Å². The number of carboxylic acids is 1. The molecule has 2 saturated carbocycles. The quantitative estimate of drug-likeness (QED) is 0.683. The molecule has 0 radical (unpaired) electrons. The molecule has 1 heterocycles. The molecular weight excluding hydrogens is 260 g/mol. The van der Waals surface area contributed by atoms with Gasteiger partial charge in [-0.3, -0.25) is 4.79 Å². The summed E-state index contributed by atoms with van der Waals surface area (Å²) in [6.45, 7) is 0.663. The van der Waals surface area contributed by atoms with E-state index in [9.17, 15) is 4.79 Å². The lowest BCUT2D eigenvalue weighted by molar-refractivity contribution is -0.142. The fraction of sp³-hybridized carbons (Fsp3) is 0.933. The van der Waals surface area contributed by atoms with E-state index >= 15 is 0 Å². The van der Waals surface area contributed by atoms with Crippen LogP contribution in [0.3, 0.4) is 0 Å². The van der Waals surface area contributed by atoms with Gasteiger partial charge in [-0.2, -0.15) is 0 Å².